The Bertz CT molecular complexity index is 763. The van der Waals surface area contributed by atoms with Crippen LogP contribution in [-0.4, -0.2) is 15.5 Å². The third kappa shape index (κ3) is 4.01. The number of hydrogen-bond acceptors (Lipinski definition) is 3. The van der Waals surface area contributed by atoms with Gasteiger partial charge in [0.1, 0.15) is 5.75 Å². The Balaban J connectivity index is 2.23. The molecule has 1 atom stereocenters. The van der Waals surface area contributed by atoms with Crippen molar-refractivity contribution >= 4 is 37.6 Å². The van der Waals surface area contributed by atoms with Gasteiger partial charge in [0.15, 0.2) is 0 Å². The van der Waals surface area contributed by atoms with Crippen molar-refractivity contribution in [3.63, 3.8) is 0 Å². The van der Waals surface area contributed by atoms with Gasteiger partial charge >= 0.3 is 0 Å². The number of sulfonamides is 1. The van der Waals surface area contributed by atoms with Gasteiger partial charge in [-0.25, -0.2) is 13.1 Å². The van der Waals surface area contributed by atoms with E-state index in [4.69, 9.17) is 16.3 Å². The molecule has 0 aliphatic carbocycles. The van der Waals surface area contributed by atoms with Gasteiger partial charge in [0.25, 0.3) is 0 Å². The van der Waals surface area contributed by atoms with Crippen LogP contribution in [0.4, 0.5) is 0 Å². The average molecular weight is 405 g/mol. The second-order valence-corrected chi connectivity index (χ2v) is 7.73. The van der Waals surface area contributed by atoms with Crippen LogP contribution in [-0.2, 0) is 10.0 Å². The summed E-state index contributed by atoms with van der Waals surface area (Å²) in [7, 11) is -2.19. The maximum absolute atomic E-state index is 12.4. The van der Waals surface area contributed by atoms with Gasteiger partial charge in [-0.2, -0.15) is 0 Å². The van der Waals surface area contributed by atoms with Crippen molar-refractivity contribution in [1.82, 2.24) is 4.72 Å². The summed E-state index contributed by atoms with van der Waals surface area (Å²) in [5.74, 6) is 0.432. The molecule has 0 amide bonds. The van der Waals surface area contributed by atoms with E-state index in [0.29, 0.717) is 5.75 Å². The molecule has 0 spiro atoms. The van der Waals surface area contributed by atoms with Gasteiger partial charge in [-0.05, 0) is 42.8 Å². The number of ether oxygens (including phenoxy) is 1. The zero-order valence-electron chi connectivity index (χ0n) is 12.0. The second kappa shape index (κ2) is 7.00. The molecule has 2 rings (SSSR count). The molecule has 0 saturated heterocycles. The molecule has 0 aromatic heterocycles. The molecule has 0 aliphatic rings. The molecule has 1 unspecified atom stereocenters. The zero-order chi connectivity index (χ0) is 16.3. The van der Waals surface area contributed by atoms with Gasteiger partial charge in [0.05, 0.1) is 17.0 Å². The molecule has 4 nitrogen and oxygen atoms in total. The SMILES string of the molecule is COc1ccc(S(=O)(=O)NC(C)c2ccc(Br)cc2)cc1Cl. The summed E-state index contributed by atoms with van der Waals surface area (Å²) < 4.78 is 33.4. The Morgan fingerprint density at radius 3 is 2.36 bits per heavy atom. The summed E-state index contributed by atoms with van der Waals surface area (Å²) in [4.78, 5) is 0.0993. The fourth-order valence-corrected chi connectivity index (χ4v) is 3.78. The van der Waals surface area contributed by atoms with Gasteiger partial charge in [0.2, 0.25) is 10.0 Å². The van der Waals surface area contributed by atoms with Crippen LogP contribution < -0.4 is 9.46 Å². The molecule has 118 valence electrons. The first-order valence-corrected chi connectivity index (χ1v) is 9.10. The molecule has 0 fully saturated rings. The molecular formula is C15H15BrClNO3S. The minimum Gasteiger partial charge on any atom is -0.495 e. The Hall–Kier alpha value is -1.08. The maximum atomic E-state index is 12.4. The van der Waals surface area contributed by atoms with E-state index in [1.165, 1.54) is 25.3 Å². The predicted octanol–water partition coefficient (Wildman–Crippen LogP) is 4.15. The minimum atomic E-state index is -3.67. The highest BCUT2D eigenvalue weighted by atomic mass is 79.9. The van der Waals surface area contributed by atoms with Crippen LogP contribution in [0.1, 0.15) is 18.5 Å². The van der Waals surface area contributed by atoms with E-state index in [1.807, 2.05) is 24.3 Å². The summed E-state index contributed by atoms with van der Waals surface area (Å²) in [6.07, 6.45) is 0. The van der Waals surface area contributed by atoms with Crippen LogP contribution in [0.3, 0.4) is 0 Å². The molecule has 0 bridgehead atoms. The molecule has 2 aromatic rings. The number of benzene rings is 2. The van der Waals surface area contributed by atoms with E-state index in [-0.39, 0.29) is 16.0 Å². The monoisotopic (exact) mass is 403 g/mol. The molecule has 22 heavy (non-hydrogen) atoms. The fraction of sp³-hybridized carbons (Fsp3) is 0.200. The lowest BCUT2D eigenvalue weighted by molar-refractivity contribution is 0.414. The van der Waals surface area contributed by atoms with Crippen LogP contribution in [0.5, 0.6) is 5.75 Å². The molecule has 0 radical (unpaired) electrons. The highest BCUT2D eigenvalue weighted by Gasteiger charge is 2.19. The van der Waals surface area contributed by atoms with Gasteiger partial charge in [-0.1, -0.05) is 39.7 Å². The maximum Gasteiger partial charge on any atom is 0.241 e. The standard InChI is InChI=1S/C15H15BrClNO3S/c1-10(11-3-5-12(16)6-4-11)18-22(19,20)13-7-8-15(21-2)14(17)9-13/h3-10,18H,1-2H3. The largest absolute Gasteiger partial charge is 0.495 e. The van der Waals surface area contributed by atoms with Gasteiger partial charge in [0, 0.05) is 10.5 Å². The number of nitrogens with one attached hydrogen (secondary N) is 1. The van der Waals surface area contributed by atoms with Crippen LogP contribution in [0, 0.1) is 0 Å². The first kappa shape index (κ1) is 17.3. The topological polar surface area (TPSA) is 55.4 Å². The summed E-state index contributed by atoms with van der Waals surface area (Å²) in [5.41, 5.74) is 0.867. The van der Waals surface area contributed by atoms with Crippen LogP contribution in [0.25, 0.3) is 0 Å². The first-order chi connectivity index (χ1) is 10.3. The van der Waals surface area contributed by atoms with Gasteiger partial charge < -0.3 is 4.74 Å². The highest BCUT2D eigenvalue weighted by Crippen LogP contribution is 2.27. The molecule has 0 heterocycles. The molecule has 2 aromatic carbocycles. The number of halogens is 2. The molecule has 1 N–H and O–H groups in total. The fourth-order valence-electron chi connectivity index (χ4n) is 1.93. The Labute approximate surface area is 143 Å². The van der Waals surface area contributed by atoms with Crippen LogP contribution in [0.2, 0.25) is 5.02 Å². The highest BCUT2D eigenvalue weighted by molar-refractivity contribution is 9.10. The van der Waals surface area contributed by atoms with E-state index >= 15 is 0 Å². The quantitative estimate of drug-likeness (QED) is 0.814. The van der Waals surface area contributed by atoms with E-state index in [1.54, 1.807) is 6.92 Å². The van der Waals surface area contributed by atoms with Crippen LogP contribution in [0.15, 0.2) is 51.8 Å². The van der Waals surface area contributed by atoms with Crippen molar-refractivity contribution in [2.24, 2.45) is 0 Å². The number of methoxy groups -OCH3 is 1. The van der Waals surface area contributed by atoms with Crippen molar-refractivity contribution in [3.8, 4) is 5.75 Å². The van der Waals surface area contributed by atoms with Crippen molar-refractivity contribution in [2.45, 2.75) is 17.9 Å². The zero-order valence-corrected chi connectivity index (χ0v) is 15.2. The van der Waals surface area contributed by atoms with Gasteiger partial charge in [-0.3, -0.25) is 0 Å². The molecule has 0 saturated carbocycles. The normalized spacial score (nSPS) is 12.9. The number of rotatable bonds is 5. The van der Waals surface area contributed by atoms with E-state index in [2.05, 4.69) is 20.7 Å². The van der Waals surface area contributed by atoms with Crippen LogP contribution >= 0.6 is 27.5 Å². The molecular weight excluding hydrogens is 390 g/mol. The van der Waals surface area contributed by atoms with E-state index < -0.39 is 10.0 Å². The first-order valence-electron chi connectivity index (χ1n) is 6.45. The van der Waals surface area contributed by atoms with Crippen molar-refractivity contribution in [1.29, 1.82) is 0 Å². The van der Waals surface area contributed by atoms with Gasteiger partial charge in [-0.15, -0.1) is 0 Å². The lowest BCUT2D eigenvalue weighted by Crippen LogP contribution is -2.26. The third-order valence-corrected chi connectivity index (χ3v) is 5.50. The summed E-state index contributed by atoms with van der Waals surface area (Å²) in [5, 5.41) is 0.252. The molecule has 7 heteroatoms. The Kier molecular flexibility index (Phi) is 5.50. The smallest absolute Gasteiger partial charge is 0.241 e. The second-order valence-electron chi connectivity index (χ2n) is 4.69. The predicted molar refractivity (Wildman–Crippen MR) is 90.9 cm³/mol. The minimum absolute atomic E-state index is 0.0993. The van der Waals surface area contributed by atoms with E-state index in [0.717, 1.165) is 10.0 Å². The van der Waals surface area contributed by atoms with Crippen molar-refractivity contribution < 1.29 is 13.2 Å². The van der Waals surface area contributed by atoms with Crippen molar-refractivity contribution in [3.05, 3.63) is 57.5 Å². The average Bonchev–Trinajstić information content (AvgIpc) is 2.47. The number of hydrogen-bond donors (Lipinski definition) is 1. The Morgan fingerprint density at radius 1 is 1.18 bits per heavy atom. The summed E-state index contributed by atoms with van der Waals surface area (Å²) in [6.45, 7) is 1.78. The summed E-state index contributed by atoms with van der Waals surface area (Å²) in [6, 6.07) is 11.4. The summed E-state index contributed by atoms with van der Waals surface area (Å²) >= 11 is 9.33. The molecule has 0 aliphatic heterocycles. The van der Waals surface area contributed by atoms with Crippen molar-refractivity contribution in [2.75, 3.05) is 7.11 Å². The lowest BCUT2D eigenvalue weighted by atomic mass is 10.1. The third-order valence-electron chi connectivity index (χ3n) is 3.14. The lowest BCUT2D eigenvalue weighted by Gasteiger charge is -2.15. The Morgan fingerprint density at radius 2 is 1.82 bits per heavy atom. The van der Waals surface area contributed by atoms with E-state index in [9.17, 15) is 8.42 Å².